The number of carbonyl (C=O) groups is 3. The fraction of sp³-hybridized carbons (Fsp3) is 0.560. The first-order valence-electron chi connectivity index (χ1n) is 39.0. The standard InChI is InChI=1S/C28H34FN3O4.C22H33BFNO5.C12H17BO3.C12H13BrN2O.C10H18FNO3/c1-5-6-14-31-17-23(21-11-13-30-16-22(21)26(31)33)19-7-9-20(10-8-19)35-25-12-15-32(18-24(25)29)27(34)36-28(2,3)4;1-20(2,3)28-19(26)25-13-12-18(17(24)14-25)27-16-10-8-15(9-11-16)23-29-21(4,5)22(6,7)30-23;1-11(2)12(3,4)16-13(15-11)9-5-7-10(14)8-6-9;1-2-3-6-15-8-11(13)9-4-5-14-7-10(9)12(15)16;1-10(2,3)15-9(14)12-5-4-8(13)7(11)6-12/h7-11,13,16-17,24-25H,5-6,12,14-15,18H2,1-4H3;8-11,17-18H,12-14H2,1-7H3;5-8,14H,1-4H3;4-5,7-8H,2-3,6H2,1H3;7-8,13H,4-6H2,1-3H3/t24-,25-;17-,18-;;;7-,8+/m00..0/s1. The largest absolute Gasteiger partial charge is 0.508 e. The number of ether oxygens (including phenoxy) is 5. The predicted octanol–water partition coefficient (Wildman–Crippen LogP) is 15.3. The Bertz CT molecular complexity index is 4410. The van der Waals surface area contributed by atoms with Crippen molar-refractivity contribution >= 4 is 80.9 Å². The molecule has 0 radical (unpaired) electrons. The molecule has 616 valence electrons. The van der Waals surface area contributed by atoms with Crippen molar-refractivity contribution in [2.75, 3.05) is 39.3 Å². The number of aromatic nitrogens is 4. The van der Waals surface area contributed by atoms with Crippen molar-refractivity contribution < 1.29 is 80.1 Å². The van der Waals surface area contributed by atoms with Crippen LogP contribution in [0.15, 0.2) is 136 Å². The maximum atomic E-state index is 14.9. The number of hydrogen-bond donors (Lipinski definition) is 2. The van der Waals surface area contributed by atoms with Crippen LogP contribution in [-0.2, 0) is 45.9 Å². The second-order valence-corrected chi connectivity index (χ2v) is 34.9. The molecule has 0 unspecified atom stereocenters. The number of aryl methyl sites for hydroxylation is 2. The molecule has 23 nitrogen and oxygen atoms in total. The molecule has 7 aromatic rings. The van der Waals surface area contributed by atoms with Crippen molar-refractivity contribution in [2.24, 2.45) is 0 Å². The molecule has 5 aliphatic rings. The number of phenolic OH excluding ortho intramolecular Hbond substituents is 1. The lowest BCUT2D eigenvalue weighted by Gasteiger charge is -2.35. The van der Waals surface area contributed by atoms with Gasteiger partial charge in [-0.2, -0.15) is 0 Å². The number of likely N-dealkylation sites (tertiary alicyclic amines) is 3. The lowest BCUT2D eigenvalue weighted by Crippen LogP contribution is -2.50. The van der Waals surface area contributed by atoms with Gasteiger partial charge in [0.1, 0.15) is 52.4 Å². The summed E-state index contributed by atoms with van der Waals surface area (Å²) in [5.74, 6) is 1.39. The molecule has 12 rings (SSSR count). The molecule has 5 aliphatic heterocycles. The summed E-state index contributed by atoms with van der Waals surface area (Å²) < 4.78 is 98.6. The SMILES string of the molecule is CC(C)(C)OC(=O)N1CC[C@@H](O)[C@@H](F)C1.CC(C)(C)OC(=O)N1CC[C@H](Oc2ccc(B3OC(C)(C)C(C)(C)O3)cc2)[C@@H](F)C1.CC1(C)OB(c2ccc(O)cc2)OC1(C)C.CCCCn1cc(-c2ccc(O[C@H]3CCN(C(=O)OC(C)(C)C)C[C@@H]3F)cc2)c2ccncc2c1=O.CCCCn1cc(Br)c2ccncc2c1=O. The van der Waals surface area contributed by atoms with Gasteiger partial charge < -0.3 is 76.3 Å². The minimum Gasteiger partial charge on any atom is -0.508 e. The number of fused-ring (bicyclic) bond motifs is 2. The molecule has 4 aromatic heterocycles. The van der Waals surface area contributed by atoms with Crippen LogP contribution in [0, 0.1) is 0 Å². The Morgan fingerprint density at radius 2 is 0.867 bits per heavy atom. The number of nitrogens with zero attached hydrogens (tertiary/aromatic N) is 7. The number of carbonyl (C=O) groups excluding carboxylic acids is 3. The summed E-state index contributed by atoms with van der Waals surface area (Å²) >= 11 is 3.49. The number of unbranched alkanes of at least 4 members (excludes halogenated alkanes) is 2. The van der Waals surface area contributed by atoms with Gasteiger partial charge in [-0.05, 0) is 223 Å². The molecule has 0 bridgehead atoms. The quantitative estimate of drug-likeness (QED) is 0.0803. The number of aliphatic hydroxyl groups excluding tert-OH is 1. The Kier molecular flexibility index (Phi) is 30.4. The van der Waals surface area contributed by atoms with Gasteiger partial charge in [-0.15, -0.1) is 0 Å². The van der Waals surface area contributed by atoms with E-state index in [1.54, 1.807) is 121 Å². The van der Waals surface area contributed by atoms with Crippen LogP contribution in [-0.4, -0.2) is 192 Å². The zero-order valence-corrected chi connectivity index (χ0v) is 70.6. The molecule has 0 spiro atoms. The van der Waals surface area contributed by atoms with E-state index in [0.717, 1.165) is 69.5 Å². The van der Waals surface area contributed by atoms with Gasteiger partial charge >= 0.3 is 32.5 Å². The third-order valence-corrected chi connectivity index (χ3v) is 20.9. The van der Waals surface area contributed by atoms with Gasteiger partial charge in [0.2, 0.25) is 0 Å². The first-order valence-corrected chi connectivity index (χ1v) is 39.8. The van der Waals surface area contributed by atoms with E-state index in [2.05, 4.69) is 39.7 Å². The Morgan fingerprint density at radius 1 is 0.513 bits per heavy atom. The van der Waals surface area contributed by atoms with E-state index in [9.17, 15) is 42.3 Å². The number of halogens is 4. The van der Waals surface area contributed by atoms with Crippen molar-refractivity contribution in [1.82, 2.24) is 33.8 Å². The number of hydrogen-bond acceptors (Lipinski definition) is 18. The number of alkyl halides is 3. The number of aliphatic hydroxyl groups is 1. The zero-order chi connectivity index (χ0) is 83.3. The number of benzene rings is 3. The zero-order valence-electron chi connectivity index (χ0n) is 69.0. The Labute approximate surface area is 671 Å². The van der Waals surface area contributed by atoms with Crippen molar-refractivity contribution in [3.05, 3.63) is 147 Å². The van der Waals surface area contributed by atoms with Crippen LogP contribution in [0.4, 0.5) is 27.6 Å². The van der Waals surface area contributed by atoms with Crippen LogP contribution in [0.3, 0.4) is 0 Å². The molecule has 3 aromatic carbocycles. The van der Waals surface area contributed by atoms with Crippen LogP contribution in [0.2, 0.25) is 0 Å². The highest BCUT2D eigenvalue weighted by molar-refractivity contribution is 9.10. The van der Waals surface area contributed by atoms with Gasteiger partial charge in [0.25, 0.3) is 11.1 Å². The summed E-state index contributed by atoms with van der Waals surface area (Å²) in [4.78, 5) is 73.2. The fourth-order valence-corrected chi connectivity index (χ4v) is 13.0. The smallest absolute Gasteiger partial charge is 0.494 e. The van der Waals surface area contributed by atoms with Crippen molar-refractivity contribution in [2.45, 2.75) is 266 Å². The van der Waals surface area contributed by atoms with E-state index < -0.39 is 90.2 Å². The summed E-state index contributed by atoms with van der Waals surface area (Å²) in [7, 11) is -0.805. The monoisotopic (exact) mass is 1640 g/mol. The van der Waals surface area contributed by atoms with Gasteiger partial charge in [-0.25, -0.2) is 27.6 Å². The average molecular weight is 1640 g/mol. The second-order valence-electron chi connectivity index (χ2n) is 34.0. The molecular weight excluding hydrogens is 1520 g/mol. The molecule has 6 atom stereocenters. The number of piperidine rings is 3. The summed E-state index contributed by atoms with van der Waals surface area (Å²) in [6.07, 6.45) is 7.75. The van der Waals surface area contributed by atoms with E-state index in [0.29, 0.717) is 61.3 Å². The third kappa shape index (κ3) is 24.9. The number of amides is 3. The van der Waals surface area contributed by atoms with Crippen molar-refractivity contribution in [3.8, 4) is 28.4 Å². The molecule has 5 saturated heterocycles. The van der Waals surface area contributed by atoms with Gasteiger partial charge in [-0.3, -0.25) is 19.6 Å². The Morgan fingerprint density at radius 3 is 1.25 bits per heavy atom. The van der Waals surface area contributed by atoms with Crippen LogP contribution in [0.25, 0.3) is 32.7 Å². The van der Waals surface area contributed by atoms with Crippen molar-refractivity contribution in [1.29, 1.82) is 0 Å². The maximum Gasteiger partial charge on any atom is 0.494 e. The molecular formula is C84H115B2BrF3N7O16. The van der Waals surface area contributed by atoms with Gasteiger partial charge in [0.15, 0.2) is 12.3 Å². The van der Waals surface area contributed by atoms with Crippen LogP contribution in [0.1, 0.15) is 176 Å². The number of rotatable bonds is 13. The van der Waals surface area contributed by atoms with E-state index in [1.165, 1.54) is 14.7 Å². The molecule has 2 N–H and O–H groups in total. The van der Waals surface area contributed by atoms with Gasteiger partial charge in [0.05, 0.1) is 58.9 Å². The Hall–Kier alpha value is -8.21. The summed E-state index contributed by atoms with van der Waals surface area (Å²) in [6.45, 7) is 38.7. The summed E-state index contributed by atoms with van der Waals surface area (Å²) in [5.41, 5.74) is 0.425. The topological polar surface area (TPSA) is 254 Å². The minimum atomic E-state index is -1.37. The number of pyridine rings is 4. The molecule has 5 fully saturated rings. The van der Waals surface area contributed by atoms with Gasteiger partial charge in [0, 0.05) is 98.2 Å². The molecule has 113 heavy (non-hydrogen) atoms. The van der Waals surface area contributed by atoms with Crippen molar-refractivity contribution in [3.63, 3.8) is 0 Å². The summed E-state index contributed by atoms with van der Waals surface area (Å²) in [5, 5.41) is 21.4. The number of phenols is 1. The van der Waals surface area contributed by atoms with E-state index >= 15 is 0 Å². The van der Waals surface area contributed by atoms with Gasteiger partial charge in [-0.1, -0.05) is 63.1 Å². The van der Waals surface area contributed by atoms with Crippen LogP contribution < -0.4 is 31.5 Å². The average Bonchev–Trinajstić information content (AvgIpc) is 1.74. The second kappa shape index (κ2) is 38.0. The Balaban J connectivity index is 0.000000186. The summed E-state index contributed by atoms with van der Waals surface area (Å²) in [6, 6.07) is 25.4. The highest BCUT2D eigenvalue weighted by Gasteiger charge is 2.53. The molecule has 3 amide bonds. The van der Waals surface area contributed by atoms with Crippen LogP contribution >= 0.6 is 15.9 Å². The van der Waals surface area contributed by atoms with Crippen LogP contribution in [0.5, 0.6) is 17.2 Å². The predicted molar refractivity (Wildman–Crippen MR) is 438 cm³/mol. The lowest BCUT2D eigenvalue weighted by molar-refractivity contribution is -0.0176. The molecule has 29 heteroatoms. The minimum absolute atomic E-state index is 0.0361. The normalized spacial score (nSPS) is 21.1. The molecule has 0 aliphatic carbocycles. The first kappa shape index (κ1) is 90.3. The molecule has 0 saturated carbocycles. The van der Waals surface area contributed by atoms with E-state index in [4.69, 9.17) is 47.4 Å². The third-order valence-electron chi connectivity index (χ3n) is 20.2. The lowest BCUT2D eigenvalue weighted by atomic mass is 9.79. The maximum absolute atomic E-state index is 14.9. The van der Waals surface area contributed by atoms with E-state index in [1.807, 2.05) is 128 Å². The first-order chi connectivity index (χ1) is 52.8. The highest BCUT2D eigenvalue weighted by Crippen LogP contribution is 2.39. The number of aromatic hydroxyl groups is 1. The highest BCUT2D eigenvalue weighted by atomic mass is 79.9. The van der Waals surface area contributed by atoms with E-state index in [-0.39, 0.29) is 61.2 Å². The molecule has 9 heterocycles. The fourth-order valence-electron chi connectivity index (χ4n) is 12.4.